The Bertz CT molecular complexity index is 200. The maximum absolute atomic E-state index is 5.29. The smallest absolute Gasteiger partial charge is 0.00556 e. The van der Waals surface area contributed by atoms with E-state index in [0.717, 1.165) is 0 Å². The molecule has 0 atom stereocenters. The van der Waals surface area contributed by atoms with Gasteiger partial charge in [-0.15, -0.1) is 0 Å². The Labute approximate surface area is 79.3 Å². The highest BCUT2D eigenvalue weighted by atomic mass is 35.5. The molecule has 0 heterocycles. The minimum absolute atomic E-state index is 1.45. The van der Waals surface area contributed by atoms with Gasteiger partial charge in [0.15, 0.2) is 0 Å². The Morgan fingerprint density at radius 3 is 2.50 bits per heavy atom. The van der Waals surface area contributed by atoms with Crippen LogP contribution in [0.5, 0.6) is 0 Å². The van der Waals surface area contributed by atoms with Crippen molar-refractivity contribution in [3.63, 3.8) is 0 Å². The highest BCUT2D eigenvalue weighted by Crippen LogP contribution is 1.83. The van der Waals surface area contributed by atoms with Crippen LogP contribution < -0.4 is 0 Å². The van der Waals surface area contributed by atoms with Gasteiger partial charge < -0.3 is 4.90 Å². The first-order valence-corrected chi connectivity index (χ1v) is 4.05. The first-order valence-electron chi connectivity index (χ1n) is 3.61. The van der Waals surface area contributed by atoms with Crippen LogP contribution in [0.15, 0.2) is 42.1 Å². The molecule has 0 fully saturated rings. The molecule has 0 aromatic rings. The SMILES string of the molecule is CN(C)C=C/C=[C]/C=CC=CCl. The van der Waals surface area contributed by atoms with Crippen LogP contribution in [0.2, 0.25) is 0 Å². The van der Waals surface area contributed by atoms with Crippen molar-refractivity contribution in [1.82, 2.24) is 4.90 Å². The molecular formula is C10H13ClN. The minimum atomic E-state index is 1.45. The van der Waals surface area contributed by atoms with E-state index in [1.54, 1.807) is 12.2 Å². The molecule has 12 heavy (non-hydrogen) atoms. The van der Waals surface area contributed by atoms with Crippen molar-refractivity contribution in [2.75, 3.05) is 14.1 Å². The predicted octanol–water partition coefficient (Wildman–Crippen LogP) is 2.73. The fourth-order valence-electron chi connectivity index (χ4n) is 0.479. The number of halogens is 1. The van der Waals surface area contributed by atoms with Crippen LogP contribution in [0.4, 0.5) is 0 Å². The number of allylic oxidation sites excluding steroid dienone is 6. The van der Waals surface area contributed by atoms with Gasteiger partial charge in [-0.2, -0.15) is 0 Å². The average Bonchev–Trinajstić information content (AvgIpc) is 2.02. The van der Waals surface area contributed by atoms with Crippen LogP contribution in [0.1, 0.15) is 0 Å². The number of hydrogen-bond donors (Lipinski definition) is 0. The summed E-state index contributed by atoms with van der Waals surface area (Å²) < 4.78 is 0. The zero-order chi connectivity index (χ0) is 9.23. The third kappa shape index (κ3) is 9.05. The van der Waals surface area contributed by atoms with Gasteiger partial charge in [0.25, 0.3) is 0 Å². The molecule has 0 aliphatic heterocycles. The fraction of sp³-hybridized carbons (Fsp3) is 0.200. The van der Waals surface area contributed by atoms with Gasteiger partial charge >= 0.3 is 0 Å². The van der Waals surface area contributed by atoms with E-state index in [1.807, 2.05) is 43.4 Å². The second kappa shape index (κ2) is 8.15. The van der Waals surface area contributed by atoms with E-state index in [-0.39, 0.29) is 0 Å². The molecule has 0 aromatic carbocycles. The third-order valence-electron chi connectivity index (χ3n) is 0.953. The van der Waals surface area contributed by atoms with Gasteiger partial charge in [0, 0.05) is 19.6 Å². The molecule has 0 N–H and O–H groups in total. The first kappa shape index (κ1) is 11.1. The second-order valence-electron chi connectivity index (χ2n) is 2.32. The standard InChI is InChI=1S/C10H13ClN/c1-12(2)10-8-6-4-3-5-7-9-11/h3,5-10H,1-2H3. The lowest BCUT2D eigenvalue weighted by Gasteiger charge is -2.00. The highest BCUT2D eigenvalue weighted by molar-refractivity contribution is 6.25. The summed E-state index contributed by atoms with van der Waals surface area (Å²) in [7, 11) is 3.94. The van der Waals surface area contributed by atoms with Crippen molar-refractivity contribution in [3.8, 4) is 0 Å². The van der Waals surface area contributed by atoms with Crippen molar-refractivity contribution in [2.45, 2.75) is 0 Å². The van der Waals surface area contributed by atoms with E-state index in [1.165, 1.54) is 5.54 Å². The zero-order valence-electron chi connectivity index (χ0n) is 7.37. The Kier molecular flexibility index (Phi) is 7.50. The number of rotatable bonds is 4. The molecule has 0 amide bonds. The van der Waals surface area contributed by atoms with Crippen molar-refractivity contribution in [2.24, 2.45) is 0 Å². The van der Waals surface area contributed by atoms with Crippen LogP contribution in [-0.2, 0) is 0 Å². The molecule has 0 saturated heterocycles. The van der Waals surface area contributed by atoms with Crippen molar-refractivity contribution in [1.29, 1.82) is 0 Å². The molecule has 0 bridgehead atoms. The van der Waals surface area contributed by atoms with Crippen LogP contribution in [-0.4, -0.2) is 19.0 Å². The molecule has 0 unspecified atom stereocenters. The summed E-state index contributed by atoms with van der Waals surface area (Å²) in [5.74, 6) is 0. The van der Waals surface area contributed by atoms with Crippen molar-refractivity contribution >= 4 is 11.6 Å². The normalized spacial score (nSPS) is 12.9. The Morgan fingerprint density at radius 2 is 1.92 bits per heavy atom. The van der Waals surface area contributed by atoms with E-state index in [9.17, 15) is 0 Å². The summed E-state index contributed by atoms with van der Waals surface area (Å²) in [5.41, 5.74) is 1.45. The summed E-state index contributed by atoms with van der Waals surface area (Å²) in [6, 6.07) is 0. The summed E-state index contributed by atoms with van der Waals surface area (Å²) >= 11 is 5.29. The number of hydrogen-bond acceptors (Lipinski definition) is 1. The van der Waals surface area contributed by atoms with E-state index in [0.29, 0.717) is 0 Å². The monoisotopic (exact) mass is 182 g/mol. The van der Waals surface area contributed by atoms with Gasteiger partial charge in [-0.1, -0.05) is 35.9 Å². The van der Waals surface area contributed by atoms with E-state index >= 15 is 0 Å². The Morgan fingerprint density at radius 1 is 1.17 bits per heavy atom. The lowest BCUT2D eigenvalue weighted by Crippen LogP contribution is -1.99. The predicted molar refractivity (Wildman–Crippen MR) is 54.8 cm³/mol. The molecular weight excluding hydrogens is 170 g/mol. The summed E-state index contributed by atoms with van der Waals surface area (Å²) in [5, 5.41) is 0. The third-order valence-corrected chi connectivity index (χ3v) is 1.10. The first-order chi connectivity index (χ1) is 5.77. The van der Waals surface area contributed by atoms with Gasteiger partial charge in [0.05, 0.1) is 0 Å². The van der Waals surface area contributed by atoms with Crippen molar-refractivity contribution in [3.05, 3.63) is 48.2 Å². The van der Waals surface area contributed by atoms with Crippen LogP contribution in [0.3, 0.4) is 0 Å². The molecule has 65 valence electrons. The lowest BCUT2D eigenvalue weighted by atomic mass is 10.4. The van der Waals surface area contributed by atoms with Gasteiger partial charge in [0.1, 0.15) is 0 Å². The maximum atomic E-state index is 5.29. The molecule has 0 aromatic heterocycles. The summed E-state index contributed by atoms with van der Waals surface area (Å²) in [4.78, 5) is 1.96. The van der Waals surface area contributed by atoms with Gasteiger partial charge in [-0.25, -0.2) is 0 Å². The molecule has 0 aliphatic rings. The fourth-order valence-corrected chi connectivity index (χ4v) is 0.563. The van der Waals surface area contributed by atoms with Crippen LogP contribution in [0.25, 0.3) is 0 Å². The highest BCUT2D eigenvalue weighted by Gasteiger charge is 1.70. The molecule has 0 aliphatic carbocycles. The van der Waals surface area contributed by atoms with E-state index < -0.39 is 0 Å². The molecule has 2 heteroatoms. The van der Waals surface area contributed by atoms with Gasteiger partial charge in [-0.05, 0) is 18.4 Å². The molecule has 1 nitrogen and oxygen atoms in total. The Hall–Kier alpha value is -0.950. The average molecular weight is 183 g/mol. The van der Waals surface area contributed by atoms with Crippen LogP contribution >= 0.6 is 11.6 Å². The quantitative estimate of drug-likeness (QED) is 0.605. The summed E-state index contributed by atoms with van der Waals surface area (Å²) in [6.07, 6.45) is 14.0. The Balaban J connectivity index is 3.63. The van der Waals surface area contributed by atoms with Crippen molar-refractivity contribution < 1.29 is 0 Å². The lowest BCUT2D eigenvalue weighted by molar-refractivity contribution is 0.564. The second-order valence-corrected chi connectivity index (χ2v) is 2.57. The molecule has 1 radical (unpaired) electrons. The molecule has 0 rings (SSSR count). The topological polar surface area (TPSA) is 3.24 Å². The van der Waals surface area contributed by atoms with E-state index in [4.69, 9.17) is 11.6 Å². The minimum Gasteiger partial charge on any atom is -0.383 e. The van der Waals surface area contributed by atoms with Gasteiger partial charge in [0.2, 0.25) is 0 Å². The number of nitrogens with zero attached hydrogens (tertiary/aromatic N) is 1. The summed E-state index contributed by atoms with van der Waals surface area (Å²) in [6.45, 7) is 0. The zero-order valence-corrected chi connectivity index (χ0v) is 8.12. The van der Waals surface area contributed by atoms with Gasteiger partial charge in [-0.3, -0.25) is 0 Å². The van der Waals surface area contributed by atoms with Crippen LogP contribution in [0, 0.1) is 6.08 Å². The largest absolute Gasteiger partial charge is 0.383 e. The molecule has 0 saturated carbocycles. The molecule has 0 spiro atoms. The van der Waals surface area contributed by atoms with E-state index in [2.05, 4.69) is 6.08 Å². The maximum Gasteiger partial charge on any atom is 0.00556 e.